The Morgan fingerprint density at radius 2 is 2.14 bits per heavy atom. The van der Waals surface area contributed by atoms with Crippen molar-refractivity contribution in [1.82, 2.24) is 4.90 Å². The molecule has 1 aromatic carbocycles. The van der Waals surface area contributed by atoms with Crippen LogP contribution in [0.2, 0.25) is 5.02 Å². The lowest BCUT2D eigenvalue weighted by molar-refractivity contribution is 0.0360. The van der Waals surface area contributed by atoms with E-state index >= 15 is 0 Å². The number of ether oxygens (including phenoxy) is 1. The molecular formula is C16H22ClNO2S. The third kappa shape index (κ3) is 4.38. The Bertz CT molecular complexity index is 489. The van der Waals surface area contributed by atoms with Crippen LogP contribution >= 0.6 is 23.4 Å². The number of nitrogens with zero attached hydrogens (tertiary/aromatic N) is 1. The van der Waals surface area contributed by atoms with E-state index in [-0.39, 0.29) is 11.9 Å². The first-order valence-electron chi connectivity index (χ1n) is 7.40. The first-order chi connectivity index (χ1) is 10.1. The highest BCUT2D eigenvalue weighted by molar-refractivity contribution is 7.99. The van der Waals surface area contributed by atoms with E-state index < -0.39 is 0 Å². The Balaban J connectivity index is 2.16. The van der Waals surface area contributed by atoms with Gasteiger partial charge in [-0.3, -0.25) is 4.79 Å². The molecular weight excluding hydrogens is 306 g/mol. The maximum atomic E-state index is 12.8. The summed E-state index contributed by atoms with van der Waals surface area (Å²) in [6, 6.07) is 5.81. The van der Waals surface area contributed by atoms with Crippen LogP contribution in [0.3, 0.4) is 0 Å². The summed E-state index contributed by atoms with van der Waals surface area (Å²) in [5, 5.41) is 0.680. The zero-order valence-corrected chi connectivity index (χ0v) is 14.2. The second-order valence-electron chi connectivity index (χ2n) is 5.25. The highest BCUT2D eigenvalue weighted by Gasteiger charge is 2.25. The molecule has 0 N–H and O–H groups in total. The quantitative estimate of drug-likeness (QED) is 0.763. The number of hydrogen-bond acceptors (Lipinski definition) is 3. The molecule has 21 heavy (non-hydrogen) atoms. The lowest BCUT2D eigenvalue weighted by atomic mass is 10.1. The van der Waals surface area contributed by atoms with E-state index in [0.29, 0.717) is 5.02 Å². The Labute approximate surface area is 136 Å². The number of rotatable bonds is 5. The zero-order chi connectivity index (χ0) is 15.2. The number of amides is 1. The molecule has 0 aliphatic carbocycles. The Hall–Kier alpha value is -0.710. The van der Waals surface area contributed by atoms with Crippen LogP contribution in [0.25, 0.3) is 0 Å². The fourth-order valence-corrected chi connectivity index (χ4v) is 3.61. The normalized spacial score (nSPS) is 16.0. The lowest BCUT2D eigenvalue weighted by Crippen LogP contribution is -2.40. The molecule has 5 heteroatoms. The maximum absolute atomic E-state index is 12.8. The predicted octanol–water partition coefficient (Wildman–Crippen LogP) is 4.09. The number of benzene rings is 1. The summed E-state index contributed by atoms with van der Waals surface area (Å²) in [7, 11) is 1.89. The molecule has 1 heterocycles. The third-order valence-electron chi connectivity index (χ3n) is 3.69. The Morgan fingerprint density at radius 3 is 2.81 bits per heavy atom. The molecule has 0 bridgehead atoms. The molecule has 2 rings (SSSR count). The van der Waals surface area contributed by atoms with E-state index in [2.05, 4.69) is 6.92 Å². The highest BCUT2D eigenvalue weighted by atomic mass is 35.5. The molecule has 0 atom stereocenters. The van der Waals surface area contributed by atoms with Gasteiger partial charge in [-0.2, -0.15) is 0 Å². The first-order valence-corrected chi connectivity index (χ1v) is 8.77. The zero-order valence-electron chi connectivity index (χ0n) is 12.6. The summed E-state index contributed by atoms with van der Waals surface area (Å²) in [6.07, 6.45) is 2.89. The molecule has 1 aliphatic rings. The topological polar surface area (TPSA) is 29.5 Å². The minimum atomic E-state index is 0.0807. The average molecular weight is 328 g/mol. The predicted molar refractivity (Wildman–Crippen MR) is 88.4 cm³/mol. The van der Waals surface area contributed by atoms with Gasteiger partial charge in [-0.25, -0.2) is 0 Å². The summed E-state index contributed by atoms with van der Waals surface area (Å²) in [5.41, 5.74) is 0.756. The molecule has 1 aromatic rings. The number of hydrogen-bond donors (Lipinski definition) is 0. The van der Waals surface area contributed by atoms with Gasteiger partial charge in [0.25, 0.3) is 5.91 Å². The van der Waals surface area contributed by atoms with Gasteiger partial charge in [0.05, 0.1) is 5.56 Å². The van der Waals surface area contributed by atoms with Crippen molar-refractivity contribution < 1.29 is 9.53 Å². The second kappa shape index (κ2) is 8.06. The van der Waals surface area contributed by atoms with Gasteiger partial charge in [-0.1, -0.05) is 18.5 Å². The van der Waals surface area contributed by atoms with Crippen molar-refractivity contribution in [3.8, 4) is 0 Å². The van der Waals surface area contributed by atoms with Gasteiger partial charge in [-0.15, -0.1) is 11.8 Å². The molecule has 0 spiro atoms. The molecule has 0 radical (unpaired) electrons. The number of carbonyl (C=O) groups excluding carboxylic acids is 1. The SMILES string of the molecule is CCCSc1cc(Cl)ccc1C(=O)N(C)C1CCOCC1. The van der Waals surface area contributed by atoms with Crippen molar-refractivity contribution in [3.05, 3.63) is 28.8 Å². The Morgan fingerprint density at radius 1 is 1.43 bits per heavy atom. The van der Waals surface area contributed by atoms with Crippen LogP contribution < -0.4 is 0 Å². The van der Waals surface area contributed by atoms with Crippen LogP contribution in [0.15, 0.2) is 23.1 Å². The third-order valence-corrected chi connectivity index (χ3v) is 5.19. The number of carbonyl (C=O) groups is 1. The van der Waals surface area contributed by atoms with E-state index in [9.17, 15) is 4.79 Å². The van der Waals surface area contributed by atoms with Gasteiger partial charge in [0.2, 0.25) is 0 Å². The van der Waals surface area contributed by atoms with E-state index in [0.717, 1.165) is 48.7 Å². The fourth-order valence-electron chi connectivity index (χ4n) is 2.43. The number of thioether (sulfide) groups is 1. The van der Waals surface area contributed by atoms with Crippen LogP contribution in [0, 0.1) is 0 Å². The van der Waals surface area contributed by atoms with E-state index in [4.69, 9.17) is 16.3 Å². The van der Waals surface area contributed by atoms with Crippen LogP contribution in [0.4, 0.5) is 0 Å². The van der Waals surface area contributed by atoms with Crippen molar-refractivity contribution >= 4 is 29.3 Å². The van der Waals surface area contributed by atoms with E-state index in [1.54, 1.807) is 17.8 Å². The van der Waals surface area contributed by atoms with Crippen molar-refractivity contribution in [2.75, 3.05) is 26.0 Å². The van der Waals surface area contributed by atoms with Gasteiger partial charge >= 0.3 is 0 Å². The standard InChI is InChI=1S/C16H22ClNO2S/c1-3-10-21-15-11-12(17)4-5-14(15)16(19)18(2)13-6-8-20-9-7-13/h4-5,11,13H,3,6-10H2,1-2H3. The van der Waals surface area contributed by atoms with Gasteiger partial charge in [0.15, 0.2) is 0 Å². The monoisotopic (exact) mass is 327 g/mol. The van der Waals surface area contributed by atoms with Gasteiger partial charge < -0.3 is 9.64 Å². The molecule has 1 fully saturated rings. The summed E-state index contributed by atoms with van der Waals surface area (Å²) in [4.78, 5) is 15.6. The van der Waals surface area contributed by atoms with E-state index in [1.807, 2.05) is 24.1 Å². The molecule has 1 saturated heterocycles. The van der Waals surface area contributed by atoms with E-state index in [1.165, 1.54) is 0 Å². The minimum Gasteiger partial charge on any atom is -0.381 e. The van der Waals surface area contributed by atoms with Gasteiger partial charge in [0.1, 0.15) is 0 Å². The largest absolute Gasteiger partial charge is 0.381 e. The van der Waals surface area contributed by atoms with Crippen LogP contribution in [-0.4, -0.2) is 42.9 Å². The lowest BCUT2D eigenvalue weighted by Gasteiger charge is -2.31. The maximum Gasteiger partial charge on any atom is 0.254 e. The minimum absolute atomic E-state index is 0.0807. The highest BCUT2D eigenvalue weighted by Crippen LogP contribution is 2.28. The van der Waals surface area contributed by atoms with Crippen LogP contribution in [-0.2, 0) is 4.74 Å². The molecule has 0 aromatic heterocycles. The number of halogens is 1. The summed E-state index contributed by atoms with van der Waals surface area (Å²) >= 11 is 7.77. The molecule has 0 saturated carbocycles. The fraction of sp³-hybridized carbons (Fsp3) is 0.562. The van der Waals surface area contributed by atoms with Crippen LogP contribution in [0.1, 0.15) is 36.5 Å². The molecule has 1 aliphatic heterocycles. The van der Waals surface area contributed by atoms with Gasteiger partial charge in [0, 0.05) is 36.2 Å². The second-order valence-corrected chi connectivity index (χ2v) is 6.82. The molecule has 116 valence electrons. The summed E-state index contributed by atoms with van der Waals surface area (Å²) in [6.45, 7) is 3.61. The van der Waals surface area contributed by atoms with Crippen molar-refractivity contribution in [2.45, 2.75) is 37.1 Å². The van der Waals surface area contributed by atoms with Crippen LogP contribution in [0.5, 0.6) is 0 Å². The summed E-state index contributed by atoms with van der Waals surface area (Å²) < 4.78 is 5.37. The molecule has 1 amide bonds. The average Bonchev–Trinajstić information content (AvgIpc) is 2.52. The Kier molecular flexibility index (Phi) is 6.40. The van der Waals surface area contributed by atoms with Crippen molar-refractivity contribution in [1.29, 1.82) is 0 Å². The van der Waals surface area contributed by atoms with Crippen molar-refractivity contribution in [2.24, 2.45) is 0 Å². The van der Waals surface area contributed by atoms with Gasteiger partial charge in [-0.05, 0) is 43.2 Å². The molecule has 3 nitrogen and oxygen atoms in total. The van der Waals surface area contributed by atoms with Crippen molar-refractivity contribution in [3.63, 3.8) is 0 Å². The smallest absolute Gasteiger partial charge is 0.254 e. The first kappa shape index (κ1) is 16.7. The molecule has 0 unspecified atom stereocenters. The summed E-state index contributed by atoms with van der Waals surface area (Å²) in [5.74, 6) is 1.07.